The quantitative estimate of drug-likeness (QED) is 0.101. The molecule has 0 radical (unpaired) electrons. The average Bonchev–Trinajstić information content (AvgIpc) is 1.99. The molecule has 0 spiro atoms. The molecule has 0 saturated carbocycles. The molecule has 9 nitrogen and oxygen atoms in total. The van der Waals surface area contributed by atoms with E-state index < -0.39 is 27.2 Å². The highest BCUT2D eigenvalue weighted by molar-refractivity contribution is 7.46. The van der Waals surface area contributed by atoms with Crippen molar-refractivity contribution in [2.45, 2.75) is 0 Å². The van der Waals surface area contributed by atoms with Gasteiger partial charge >= 0.3 is 7.82 Å². The summed E-state index contributed by atoms with van der Waals surface area (Å²) in [7, 11) is -4.81. The molecule has 0 aliphatic carbocycles. The first-order valence-electron chi connectivity index (χ1n) is 2.97. The highest BCUT2D eigenvalue weighted by atomic mass is 31.2. The van der Waals surface area contributed by atoms with E-state index in [0.717, 1.165) is 0 Å². The fraction of sp³-hybridized carbons (Fsp3) is 0.667. The Morgan fingerprint density at radius 2 is 2.08 bits per heavy atom. The van der Waals surface area contributed by atoms with Gasteiger partial charge in [-0.25, -0.2) is 4.57 Å². The van der Waals surface area contributed by atoms with Crippen LogP contribution in [0.3, 0.4) is 0 Å². The Bertz CT molecular complexity index is 215. The summed E-state index contributed by atoms with van der Waals surface area (Å²) in [4.78, 5) is 16.6. The van der Waals surface area contributed by atoms with Crippen molar-refractivity contribution in [2.75, 3.05) is 13.5 Å². The van der Waals surface area contributed by atoms with Crippen molar-refractivity contribution in [2.24, 2.45) is 0 Å². The first kappa shape index (κ1) is 12.3. The van der Waals surface area contributed by atoms with Gasteiger partial charge in [0.25, 0.3) is 0 Å². The van der Waals surface area contributed by atoms with E-state index >= 15 is 0 Å². The summed E-state index contributed by atoms with van der Waals surface area (Å²) in [6.07, 6.45) is 0. The summed E-state index contributed by atoms with van der Waals surface area (Å²) < 4.78 is 14.1. The Balaban J connectivity index is 4.18. The van der Waals surface area contributed by atoms with Crippen molar-refractivity contribution < 1.29 is 29.2 Å². The molecular formula is C3H10N3O6P. The van der Waals surface area contributed by atoms with Gasteiger partial charge in [-0.2, -0.15) is 9.69 Å². The van der Waals surface area contributed by atoms with Gasteiger partial charge in [-0.3, -0.25) is 5.41 Å². The molecule has 0 rings (SSSR count). The van der Waals surface area contributed by atoms with Crippen LogP contribution in [-0.2, 0) is 9.19 Å². The maximum absolute atomic E-state index is 10.2. The van der Waals surface area contributed by atoms with Gasteiger partial charge in [-0.15, -0.1) is 0 Å². The molecule has 0 aromatic rings. The molecule has 78 valence electrons. The van der Waals surface area contributed by atoms with E-state index in [1.807, 2.05) is 5.32 Å². The van der Waals surface area contributed by atoms with E-state index in [2.05, 4.69) is 4.62 Å². The fourth-order valence-electron chi connectivity index (χ4n) is 0.429. The minimum absolute atomic E-state index is 0.191. The van der Waals surface area contributed by atoms with Crippen LogP contribution in [0.2, 0.25) is 0 Å². The summed E-state index contributed by atoms with van der Waals surface area (Å²) in [5.41, 5.74) is 0. The van der Waals surface area contributed by atoms with Crippen molar-refractivity contribution in [1.82, 2.24) is 10.4 Å². The zero-order chi connectivity index (χ0) is 10.5. The van der Waals surface area contributed by atoms with Gasteiger partial charge < -0.3 is 25.3 Å². The van der Waals surface area contributed by atoms with E-state index in [0.29, 0.717) is 0 Å². The zero-order valence-electron chi connectivity index (χ0n) is 6.41. The molecule has 0 amide bonds. The van der Waals surface area contributed by atoms with Crippen LogP contribution in [0.15, 0.2) is 0 Å². The van der Waals surface area contributed by atoms with Crippen molar-refractivity contribution in [3.8, 4) is 0 Å². The molecule has 0 saturated heterocycles. The molecule has 13 heavy (non-hydrogen) atoms. The predicted octanol–water partition coefficient (Wildman–Crippen LogP) is -2.26. The minimum Gasteiger partial charge on any atom is -0.376 e. The van der Waals surface area contributed by atoms with E-state index in [9.17, 15) is 4.57 Å². The number of nitrogens with zero attached hydrogens (tertiary/aromatic N) is 1. The number of hydrogen-bond donors (Lipinski definition) is 6. The third-order valence-electron chi connectivity index (χ3n) is 0.829. The van der Waals surface area contributed by atoms with Crippen LogP contribution in [0.25, 0.3) is 0 Å². The standard InChI is InChI=1S/C3H10N3O6P/c4-3(5-1-7)6(2-8)12-13(9,10)11/h7-8H,1-2H2,(H2,4,5)(H2,9,10,11). The van der Waals surface area contributed by atoms with Crippen LogP contribution in [-0.4, -0.2) is 44.5 Å². The smallest absolute Gasteiger partial charge is 0.376 e. The first-order chi connectivity index (χ1) is 5.90. The van der Waals surface area contributed by atoms with Crippen LogP contribution < -0.4 is 5.32 Å². The van der Waals surface area contributed by atoms with Crippen LogP contribution in [0.5, 0.6) is 0 Å². The number of aliphatic hydroxyl groups is 2. The Hall–Kier alpha value is -0.700. The molecule has 0 heterocycles. The largest absolute Gasteiger partial charge is 0.491 e. The first-order valence-corrected chi connectivity index (χ1v) is 4.50. The highest BCUT2D eigenvalue weighted by Crippen LogP contribution is 2.36. The fourth-order valence-corrected chi connectivity index (χ4v) is 0.819. The third-order valence-corrected chi connectivity index (χ3v) is 1.24. The molecule has 0 aromatic heterocycles. The lowest BCUT2D eigenvalue weighted by Gasteiger charge is -2.20. The molecule has 6 N–H and O–H groups in total. The van der Waals surface area contributed by atoms with Crippen LogP contribution in [0, 0.1) is 5.41 Å². The molecule has 0 aliphatic heterocycles. The summed E-state index contributed by atoms with van der Waals surface area (Å²) >= 11 is 0. The lowest BCUT2D eigenvalue weighted by atomic mass is 10.9. The molecule has 0 bridgehead atoms. The second-order valence-corrected chi connectivity index (χ2v) is 2.92. The predicted molar refractivity (Wildman–Crippen MR) is 40.0 cm³/mol. The number of aliphatic hydroxyl groups excluding tert-OH is 2. The van der Waals surface area contributed by atoms with Crippen molar-refractivity contribution in [3.05, 3.63) is 0 Å². The molecule has 0 aromatic carbocycles. The van der Waals surface area contributed by atoms with Crippen molar-refractivity contribution >= 4 is 13.8 Å². The zero-order valence-corrected chi connectivity index (χ0v) is 7.31. The Labute approximate surface area is 73.3 Å². The SMILES string of the molecule is N=C(NCO)N(CO)OP(=O)(O)O. The van der Waals surface area contributed by atoms with E-state index in [1.54, 1.807) is 0 Å². The van der Waals surface area contributed by atoms with Gasteiger partial charge in [0.2, 0.25) is 5.96 Å². The average molecular weight is 215 g/mol. The highest BCUT2D eigenvalue weighted by Gasteiger charge is 2.22. The lowest BCUT2D eigenvalue weighted by molar-refractivity contribution is -0.0734. The van der Waals surface area contributed by atoms with Gasteiger partial charge in [-0.05, 0) is 0 Å². The maximum atomic E-state index is 10.2. The van der Waals surface area contributed by atoms with Crippen molar-refractivity contribution in [3.63, 3.8) is 0 Å². The maximum Gasteiger partial charge on any atom is 0.491 e. The molecule has 0 aliphatic rings. The Morgan fingerprint density at radius 1 is 1.54 bits per heavy atom. The minimum atomic E-state index is -4.81. The van der Waals surface area contributed by atoms with E-state index in [-0.39, 0.29) is 5.06 Å². The summed E-state index contributed by atoms with van der Waals surface area (Å²) in [5.74, 6) is -0.673. The van der Waals surface area contributed by atoms with Gasteiger partial charge in [0, 0.05) is 0 Å². The third kappa shape index (κ3) is 5.53. The molecule has 0 atom stereocenters. The normalized spacial score (nSPS) is 11.1. The number of guanidine groups is 1. The number of nitrogens with one attached hydrogen (secondary N) is 2. The lowest BCUT2D eigenvalue weighted by Crippen LogP contribution is -2.40. The number of rotatable bonds is 4. The number of hydrogen-bond acceptors (Lipinski definition) is 5. The molecule has 0 fully saturated rings. The van der Waals surface area contributed by atoms with Gasteiger partial charge in [-0.1, -0.05) is 0 Å². The summed E-state index contributed by atoms with van der Waals surface area (Å²) in [6.45, 7) is -1.56. The van der Waals surface area contributed by atoms with Gasteiger partial charge in [0.15, 0.2) is 0 Å². The topological polar surface area (TPSA) is 146 Å². The summed E-state index contributed by atoms with van der Waals surface area (Å²) in [6, 6.07) is 0. The van der Waals surface area contributed by atoms with Gasteiger partial charge in [0.1, 0.15) is 13.5 Å². The number of hydroxylamine groups is 2. The van der Waals surface area contributed by atoms with E-state index in [4.69, 9.17) is 25.4 Å². The second-order valence-electron chi connectivity index (χ2n) is 1.78. The molecule has 0 unspecified atom stereocenters. The molecule has 10 heteroatoms. The van der Waals surface area contributed by atoms with E-state index in [1.165, 1.54) is 0 Å². The van der Waals surface area contributed by atoms with Gasteiger partial charge in [0.05, 0.1) is 0 Å². The monoisotopic (exact) mass is 215 g/mol. The Morgan fingerprint density at radius 3 is 2.38 bits per heavy atom. The van der Waals surface area contributed by atoms with Crippen LogP contribution in [0.4, 0.5) is 0 Å². The summed E-state index contributed by atoms with van der Waals surface area (Å²) in [5, 5.41) is 25.9. The Kier molecular flexibility index (Phi) is 4.85. The number of phosphoric acid groups is 1. The van der Waals surface area contributed by atoms with Crippen molar-refractivity contribution in [1.29, 1.82) is 5.41 Å². The second kappa shape index (κ2) is 5.12. The molecular weight excluding hydrogens is 205 g/mol. The van der Waals surface area contributed by atoms with Crippen LogP contribution in [0.1, 0.15) is 0 Å². The van der Waals surface area contributed by atoms with Crippen LogP contribution >= 0.6 is 7.82 Å².